The average molecular weight is 497 g/mol. The van der Waals surface area contributed by atoms with Crippen molar-refractivity contribution in [3.8, 4) is 11.3 Å². The van der Waals surface area contributed by atoms with Gasteiger partial charge in [-0.1, -0.05) is 11.3 Å². The lowest BCUT2D eigenvalue weighted by Gasteiger charge is -2.04. The Morgan fingerprint density at radius 3 is 2.77 bits per heavy atom. The molecule has 0 atom stereocenters. The smallest absolute Gasteiger partial charge is 0.280 e. The number of aromatic nitrogens is 3. The van der Waals surface area contributed by atoms with E-state index >= 15 is 0 Å². The second-order valence-electron chi connectivity index (χ2n) is 7.05. The van der Waals surface area contributed by atoms with Crippen LogP contribution in [0, 0.1) is 24.0 Å². The summed E-state index contributed by atoms with van der Waals surface area (Å²) in [4.78, 5) is 33.3. The van der Waals surface area contributed by atoms with Crippen molar-refractivity contribution in [2.24, 2.45) is 0 Å². The first-order valence-corrected chi connectivity index (χ1v) is 10.8. The van der Waals surface area contributed by atoms with Crippen LogP contribution in [0.2, 0.25) is 0 Å². The van der Waals surface area contributed by atoms with Gasteiger partial charge in [0.25, 0.3) is 11.2 Å². The van der Waals surface area contributed by atoms with Gasteiger partial charge in [-0.05, 0) is 65.2 Å². The maximum atomic E-state index is 12.9. The van der Waals surface area contributed by atoms with Crippen molar-refractivity contribution in [3.63, 3.8) is 0 Å². The van der Waals surface area contributed by atoms with Crippen molar-refractivity contribution >= 4 is 55.2 Å². The summed E-state index contributed by atoms with van der Waals surface area (Å²) in [6.07, 6.45) is 3.23. The van der Waals surface area contributed by atoms with E-state index in [1.54, 1.807) is 36.5 Å². The lowest BCUT2D eigenvalue weighted by Crippen LogP contribution is -2.22. The van der Waals surface area contributed by atoms with Crippen LogP contribution in [0.3, 0.4) is 0 Å². The normalized spacial score (nSPS) is 12.3. The van der Waals surface area contributed by atoms with Gasteiger partial charge in [0.15, 0.2) is 10.6 Å². The molecule has 5 rings (SSSR count). The molecule has 5 aromatic rings. The quantitative estimate of drug-likeness (QED) is 0.271. The Labute approximate surface area is 186 Å². The van der Waals surface area contributed by atoms with Crippen LogP contribution in [0.4, 0.5) is 5.69 Å². The van der Waals surface area contributed by atoms with Crippen LogP contribution in [-0.4, -0.2) is 19.3 Å². The summed E-state index contributed by atoms with van der Waals surface area (Å²) < 4.78 is 8.54. The molecule has 0 aliphatic rings. The number of rotatable bonds is 3. The highest BCUT2D eigenvalue weighted by Gasteiger charge is 2.20. The number of thiazole rings is 1. The Morgan fingerprint density at radius 1 is 1.23 bits per heavy atom. The highest BCUT2D eigenvalue weighted by molar-refractivity contribution is 9.10. The number of hydrogen-bond donors (Lipinski definition) is 0. The third-order valence-corrected chi connectivity index (χ3v) is 6.42. The largest absolute Gasteiger partial charge is 0.456 e. The summed E-state index contributed by atoms with van der Waals surface area (Å²) in [7, 11) is 0. The summed E-state index contributed by atoms with van der Waals surface area (Å²) in [5, 5.41) is 11.5. The molecule has 0 radical (unpaired) electrons. The fourth-order valence-corrected chi connectivity index (χ4v) is 4.64. The molecular weight excluding hydrogens is 484 g/mol. The van der Waals surface area contributed by atoms with Crippen LogP contribution < -0.4 is 10.1 Å². The molecule has 0 spiro atoms. The molecule has 10 heteroatoms. The number of nitro benzene ring substituents is 1. The van der Waals surface area contributed by atoms with Crippen LogP contribution in [0.5, 0.6) is 0 Å². The summed E-state index contributed by atoms with van der Waals surface area (Å²) >= 11 is 4.58. The SMILES string of the molecule is Cc1cc(-c2ccc(C=c3sc4nc5cc(Br)cnc5n4c3=O)o2)c([N+](=O)[O-])cc1C. The van der Waals surface area contributed by atoms with Gasteiger partial charge in [0, 0.05) is 22.8 Å². The molecule has 31 heavy (non-hydrogen) atoms. The first kappa shape index (κ1) is 19.6. The van der Waals surface area contributed by atoms with Crippen molar-refractivity contribution in [1.82, 2.24) is 14.4 Å². The number of halogens is 1. The number of imidazole rings is 1. The standard InChI is InChI=1S/C21H13BrN4O4S/c1-10-5-14(16(26(28)29)6-11(10)2)17-4-3-13(30-17)8-18-20(27)25-19-15(24-21(25)31-18)7-12(22)9-23-19/h3-9H,1-2H3. The minimum Gasteiger partial charge on any atom is -0.456 e. The Hall–Kier alpha value is -3.37. The molecule has 0 aliphatic heterocycles. The van der Waals surface area contributed by atoms with E-state index in [2.05, 4.69) is 25.9 Å². The minimum atomic E-state index is -0.422. The molecule has 0 saturated carbocycles. The zero-order valence-corrected chi connectivity index (χ0v) is 18.7. The molecule has 0 aliphatic carbocycles. The molecule has 0 N–H and O–H groups in total. The average Bonchev–Trinajstić information content (AvgIpc) is 3.39. The van der Waals surface area contributed by atoms with Gasteiger partial charge in [0.2, 0.25) is 0 Å². The molecule has 0 bridgehead atoms. The van der Waals surface area contributed by atoms with Crippen LogP contribution in [0.25, 0.3) is 33.5 Å². The van der Waals surface area contributed by atoms with E-state index in [0.29, 0.717) is 37.7 Å². The number of pyridine rings is 1. The lowest BCUT2D eigenvalue weighted by atomic mass is 10.0. The van der Waals surface area contributed by atoms with Gasteiger partial charge >= 0.3 is 0 Å². The van der Waals surface area contributed by atoms with E-state index < -0.39 is 4.92 Å². The zero-order chi connectivity index (χ0) is 21.9. The van der Waals surface area contributed by atoms with Gasteiger partial charge < -0.3 is 4.42 Å². The molecule has 0 amide bonds. The highest BCUT2D eigenvalue weighted by atomic mass is 79.9. The first-order valence-electron chi connectivity index (χ1n) is 9.16. The Bertz CT molecular complexity index is 1630. The van der Waals surface area contributed by atoms with Gasteiger partial charge in [0.1, 0.15) is 21.6 Å². The monoisotopic (exact) mass is 496 g/mol. The van der Waals surface area contributed by atoms with Crippen LogP contribution in [0.1, 0.15) is 16.9 Å². The van der Waals surface area contributed by atoms with Crippen LogP contribution in [0.15, 0.2) is 50.2 Å². The third kappa shape index (κ3) is 3.24. The molecule has 0 saturated heterocycles. The number of aryl methyl sites for hydroxylation is 2. The third-order valence-electron chi connectivity index (χ3n) is 5.02. The maximum Gasteiger partial charge on any atom is 0.280 e. The molecule has 4 heterocycles. The lowest BCUT2D eigenvalue weighted by molar-refractivity contribution is -0.384. The summed E-state index contributed by atoms with van der Waals surface area (Å²) in [5.41, 5.74) is 3.02. The Morgan fingerprint density at radius 2 is 2.00 bits per heavy atom. The Balaban J connectivity index is 1.62. The Kier molecular flexibility index (Phi) is 4.49. The predicted octanol–water partition coefficient (Wildman–Crippen LogP) is 4.40. The molecular formula is C21H13BrN4O4S. The van der Waals surface area contributed by atoms with E-state index in [9.17, 15) is 14.9 Å². The van der Waals surface area contributed by atoms with Crippen molar-refractivity contribution < 1.29 is 9.34 Å². The first-order chi connectivity index (χ1) is 14.8. The summed E-state index contributed by atoms with van der Waals surface area (Å²) in [6, 6.07) is 8.44. The number of furan rings is 1. The molecule has 1 aromatic carbocycles. The molecule has 0 fully saturated rings. The zero-order valence-electron chi connectivity index (χ0n) is 16.2. The van der Waals surface area contributed by atoms with E-state index in [1.165, 1.54) is 21.8 Å². The number of benzene rings is 1. The van der Waals surface area contributed by atoms with Crippen molar-refractivity contribution in [2.75, 3.05) is 0 Å². The van der Waals surface area contributed by atoms with Gasteiger partial charge in [0.05, 0.1) is 10.5 Å². The number of nitrogens with zero attached hydrogens (tertiary/aromatic N) is 4. The predicted molar refractivity (Wildman–Crippen MR) is 121 cm³/mol. The fourth-order valence-electron chi connectivity index (χ4n) is 3.37. The molecule has 8 nitrogen and oxygen atoms in total. The van der Waals surface area contributed by atoms with E-state index in [0.717, 1.165) is 15.6 Å². The van der Waals surface area contributed by atoms with Gasteiger partial charge in [-0.2, -0.15) is 0 Å². The molecule has 4 aromatic heterocycles. The second kappa shape index (κ2) is 7.10. The van der Waals surface area contributed by atoms with E-state index in [-0.39, 0.29) is 11.2 Å². The van der Waals surface area contributed by atoms with Crippen LogP contribution in [-0.2, 0) is 0 Å². The van der Waals surface area contributed by atoms with Crippen molar-refractivity contribution in [2.45, 2.75) is 13.8 Å². The van der Waals surface area contributed by atoms with Gasteiger partial charge in [-0.15, -0.1) is 0 Å². The fraction of sp³-hybridized carbons (Fsp3) is 0.0952. The number of hydrogen-bond acceptors (Lipinski definition) is 7. The molecule has 154 valence electrons. The summed E-state index contributed by atoms with van der Waals surface area (Å²) in [6.45, 7) is 3.72. The van der Waals surface area contributed by atoms with E-state index in [4.69, 9.17) is 4.42 Å². The van der Waals surface area contributed by atoms with Crippen molar-refractivity contribution in [1.29, 1.82) is 0 Å². The second-order valence-corrected chi connectivity index (χ2v) is 8.98. The number of nitro groups is 1. The van der Waals surface area contributed by atoms with E-state index in [1.807, 2.05) is 13.8 Å². The number of fused-ring (bicyclic) bond motifs is 3. The van der Waals surface area contributed by atoms with Gasteiger partial charge in [-0.25, -0.2) is 14.4 Å². The topological polar surface area (TPSA) is 104 Å². The highest BCUT2D eigenvalue weighted by Crippen LogP contribution is 2.33. The van der Waals surface area contributed by atoms with Crippen LogP contribution >= 0.6 is 27.3 Å². The van der Waals surface area contributed by atoms with Crippen molar-refractivity contribution in [3.05, 3.63) is 82.9 Å². The maximum absolute atomic E-state index is 12.9. The minimum absolute atomic E-state index is 0.0215. The summed E-state index contributed by atoms with van der Waals surface area (Å²) in [5.74, 6) is 0.788. The van der Waals surface area contributed by atoms with Gasteiger partial charge in [-0.3, -0.25) is 14.9 Å². The molecule has 0 unspecified atom stereocenters.